The summed E-state index contributed by atoms with van der Waals surface area (Å²) < 4.78 is 16.7. The van der Waals surface area contributed by atoms with Gasteiger partial charge in [0.05, 0.1) is 11.7 Å². The summed E-state index contributed by atoms with van der Waals surface area (Å²) in [6.45, 7) is 3.68. The van der Waals surface area contributed by atoms with E-state index < -0.39 is 11.9 Å². The number of rotatable bonds is 10. The maximum Gasteiger partial charge on any atom is 0.339 e. The minimum Gasteiger partial charge on any atom is -0.473 e. The molecule has 0 aliphatic carbocycles. The zero-order chi connectivity index (χ0) is 27.8. The number of esters is 1. The van der Waals surface area contributed by atoms with E-state index in [9.17, 15) is 9.59 Å². The van der Waals surface area contributed by atoms with Crippen LogP contribution in [-0.2, 0) is 18.0 Å². The minimum atomic E-state index is -0.590. The molecular formula is C28H24Cl2N4O5. The Morgan fingerprint density at radius 1 is 0.872 bits per heavy atom. The summed E-state index contributed by atoms with van der Waals surface area (Å²) >= 11 is 12.5. The van der Waals surface area contributed by atoms with Gasteiger partial charge < -0.3 is 19.5 Å². The molecule has 0 spiro atoms. The van der Waals surface area contributed by atoms with E-state index >= 15 is 0 Å². The van der Waals surface area contributed by atoms with Crippen LogP contribution in [0.4, 0.5) is 5.82 Å². The largest absolute Gasteiger partial charge is 0.473 e. The van der Waals surface area contributed by atoms with Crippen molar-refractivity contribution in [1.82, 2.24) is 15.0 Å². The molecule has 0 aliphatic rings. The molecule has 0 aliphatic heterocycles. The summed E-state index contributed by atoms with van der Waals surface area (Å²) in [5.41, 5.74) is 1.69. The van der Waals surface area contributed by atoms with Gasteiger partial charge in [-0.25, -0.2) is 9.78 Å². The van der Waals surface area contributed by atoms with Crippen LogP contribution in [0.25, 0.3) is 0 Å². The van der Waals surface area contributed by atoms with Crippen LogP contribution in [0, 0.1) is 0 Å². The first-order valence-corrected chi connectivity index (χ1v) is 12.6. The molecule has 11 heteroatoms. The Hall–Kier alpha value is -4.21. The van der Waals surface area contributed by atoms with E-state index in [1.807, 2.05) is 30.3 Å². The Morgan fingerprint density at radius 3 is 2.10 bits per heavy atom. The Balaban J connectivity index is 1.53. The Kier molecular flexibility index (Phi) is 9.30. The molecule has 39 heavy (non-hydrogen) atoms. The molecule has 0 fully saturated rings. The summed E-state index contributed by atoms with van der Waals surface area (Å²) in [4.78, 5) is 37.7. The standard InChI is InChI=1S/C28H24Cl2N4O5/c1-17(2)39-27(36)18-11-12-24(31-14-18)33-26(35)23-13-25(37-15-19-7-3-5-9-21(19)29)34-28(32-23)38-16-20-8-4-6-10-22(20)30/h3-14,17H,15-16H2,1-2H3,(H,31,33,35). The number of amides is 1. The number of nitrogens with zero attached hydrogens (tertiary/aromatic N) is 3. The number of nitrogens with one attached hydrogen (secondary N) is 1. The minimum absolute atomic E-state index is 0.0292. The van der Waals surface area contributed by atoms with Gasteiger partial charge in [0, 0.05) is 33.4 Å². The highest BCUT2D eigenvalue weighted by atomic mass is 35.5. The summed E-state index contributed by atoms with van der Waals surface area (Å²) in [6, 6.07) is 18.7. The first-order chi connectivity index (χ1) is 18.8. The van der Waals surface area contributed by atoms with Gasteiger partial charge in [-0.2, -0.15) is 9.97 Å². The number of pyridine rings is 1. The van der Waals surface area contributed by atoms with E-state index in [1.165, 1.54) is 24.4 Å². The normalized spacial score (nSPS) is 10.7. The third kappa shape index (κ3) is 7.89. The third-order valence-corrected chi connectivity index (χ3v) is 5.88. The van der Waals surface area contributed by atoms with Gasteiger partial charge >= 0.3 is 12.0 Å². The van der Waals surface area contributed by atoms with Gasteiger partial charge in [0.15, 0.2) is 0 Å². The second-order valence-electron chi connectivity index (χ2n) is 8.47. The number of hydrogen-bond acceptors (Lipinski definition) is 8. The number of carbonyl (C=O) groups is 2. The van der Waals surface area contributed by atoms with Crippen molar-refractivity contribution in [1.29, 1.82) is 0 Å². The van der Waals surface area contributed by atoms with E-state index in [2.05, 4.69) is 20.3 Å². The van der Waals surface area contributed by atoms with Gasteiger partial charge in [-0.15, -0.1) is 0 Å². The molecule has 0 atom stereocenters. The van der Waals surface area contributed by atoms with Gasteiger partial charge in [0.25, 0.3) is 5.91 Å². The fourth-order valence-electron chi connectivity index (χ4n) is 3.23. The van der Waals surface area contributed by atoms with Crippen LogP contribution in [0.3, 0.4) is 0 Å². The van der Waals surface area contributed by atoms with E-state index in [4.69, 9.17) is 37.4 Å². The van der Waals surface area contributed by atoms with Crippen molar-refractivity contribution in [3.8, 4) is 11.9 Å². The highest BCUT2D eigenvalue weighted by Crippen LogP contribution is 2.22. The molecule has 0 radical (unpaired) electrons. The molecule has 0 unspecified atom stereocenters. The van der Waals surface area contributed by atoms with E-state index in [0.29, 0.717) is 10.0 Å². The number of halogens is 2. The third-order valence-electron chi connectivity index (χ3n) is 5.15. The lowest BCUT2D eigenvalue weighted by Gasteiger charge is -2.12. The van der Waals surface area contributed by atoms with Gasteiger partial charge in [-0.1, -0.05) is 59.6 Å². The monoisotopic (exact) mass is 566 g/mol. The van der Waals surface area contributed by atoms with Gasteiger partial charge in [0.2, 0.25) is 5.88 Å². The molecule has 200 valence electrons. The lowest BCUT2D eigenvalue weighted by molar-refractivity contribution is 0.0377. The second-order valence-corrected chi connectivity index (χ2v) is 9.29. The molecule has 0 saturated carbocycles. The quantitative estimate of drug-likeness (QED) is 0.227. The maximum atomic E-state index is 13.1. The number of hydrogen-bond donors (Lipinski definition) is 1. The number of ether oxygens (including phenoxy) is 3. The lowest BCUT2D eigenvalue weighted by atomic mass is 10.2. The number of carbonyl (C=O) groups excluding carboxylic acids is 2. The van der Waals surface area contributed by atoms with Gasteiger partial charge in [-0.05, 0) is 38.1 Å². The Bertz CT molecular complexity index is 1400. The van der Waals surface area contributed by atoms with Gasteiger partial charge in [0.1, 0.15) is 24.7 Å². The van der Waals surface area contributed by atoms with Crippen molar-refractivity contribution < 1.29 is 23.8 Å². The van der Waals surface area contributed by atoms with Crippen molar-refractivity contribution in [2.45, 2.75) is 33.2 Å². The molecule has 4 rings (SSSR count). The average Bonchev–Trinajstić information content (AvgIpc) is 2.92. The average molecular weight is 567 g/mol. The summed E-state index contributed by atoms with van der Waals surface area (Å²) in [7, 11) is 0. The van der Waals surface area contributed by atoms with Crippen molar-refractivity contribution in [2.24, 2.45) is 0 Å². The van der Waals surface area contributed by atoms with Crippen LogP contribution in [0.1, 0.15) is 45.8 Å². The van der Waals surface area contributed by atoms with Gasteiger partial charge in [-0.3, -0.25) is 4.79 Å². The summed E-state index contributed by atoms with van der Waals surface area (Å²) in [5.74, 6) is -0.792. The molecule has 0 bridgehead atoms. The summed E-state index contributed by atoms with van der Waals surface area (Å²) in [5, 5.41) is 3.70. The Labute approximate surface area is 235 Å². The van der Waals surface area contributed by atoms with Crippen LogP contribution in [-0.4, -0.2) is 32.9 Å². The first-order valence-electron chi connectivity index (χ1n) is 11.9. The van der Waals surface area contributed by atoms with Crippen LogP contribution in [0.2, 0.25) is 10.0 Å². The van der Waals surface area contributed by atoms with Crippen molar-refractivity contribution in [3.05, 3.63) is 105 Å². The highest BCUT2D eigenvalue weighted by Gasteiger charge is 2.16. The second kappa shape index (κ2) is 13.0. The molecule has 1 amide bonds. The zero-order valence-electron chi connectivity index (χ0n) is 21.1. The number of benzene rings is 2. The van der Waals surface area contributed by atoms with Crippen molar-refractivity contribution in [2.75, 3.05) is 5.32 Å². The molecule has 4 aromatic rings. The molecule has 9 nitrogen and oxygen atoms in total. The summed E-state index contributed by atoms with van der Waals surface area (Å²) in [6.07, 6.45) is 1.05. The number of anilines is 1. The van der Waals surface area contributed by atoms with Crippen molar-refractivity contribution in [3.63, 3.8) is 0 Å². The van der Waals surface area contributed by atoms with Crippen molar-refractivity contribution >= 4 is 40.9 Å². The SMILES string of the molecule is CC(C)OC(=O)c1ccc(NC(=O)c2cc(OCc3ccccc3Cl)nc(OCc3ccccc3Cl)n2)nc1. The van der Waals surface area contributed by atoms with E-state index in [0.717, 1.165) is 11.1 Å². The smallest absolute Gasteiger partial charge is 0.339 e. The molecule has 2 aromatic carbocycles. The predicted molar refractivity (Wildman–Crippen MR) is 146 cm³/mol. The predicted octanol–water partition coefficient (Wildman–Crippen LogP) is 6.15. The fourth-order valence-corrected chi connectivity index (χ4v) is 3.62. The van der Waals surface area contributed by atoms with E-state index in [1.54, 1.807) is 32.0 Å². The topological polar surface area (TPSA) is 113 Å². The molecule has 2 heterocycles. The molecule has 2 aromatic heterocycles. The lowest BCUT2D eigenvalue weighted by Crippen LogP contribution is -2.17. The molecular weight excluding hydrogens is 543 g/mol. The van der Waals surface area contributed by atoms with Crippen LogP contribution in [0.5, 0.6) is 11.9 Å². The zero-order valence-corrected chi connectivity index (χ0v) is 22.6. The molecule has 0 saturated heterocycles. The number of aromatic nitrogens is 3. The fraction of sp³-hybridized carbons (Fsp3) is 0.179. The highest BCUT2D eigenvalue weighted by molar-refractivity contribution is 6.31. The van der Waals surface area contributed by atoms with Crippen LogP contribution < -0.4 is 14.8 Å². The molecule has 1 N–H and O–H groups in total. The maximum absolute atomic E-state index is 13.1. The Morgan fingerprint density at radius 2 is 1.51 bits per heavy atom. The van der Waals surface area contributed by atoms with Crippen LogP contribution in [0.15, 0.2) is 72.9 Å². The van der Waals surface area contributed by atoms with Crippen LogP contribution >= 0.6 is 23.2 Å². The van der Waals surface area contributed by atoms with E-state index in [-0.39, 0.29) is 48.3 Å². The first kappa shape index (κ1) is 27.8.